The lowest BCUT2D eigenvalue weighted by Gasteiger charge is -2.61. The highest BCUT2D eigenvalue weighted by atomic mass is 16.6. The van der Waals surface area contributed by atoms with E-state index >= 15 is 0 Å². The van der Waals surface area contributed by atoms with Gasteiger partial charge < -0.3 is 9.47 Å². The van der Waals surface area contributed by atoms with Crippen molar-refractivity contribution >= 4 is 5.97 Å². The lowest BCUT2D eigenvalue weighted by molar-refractivity contribution is -0.217. The number of esters is 1. The van der Waals surface area contributed by atoms with Gasteiger partial charge in [-0.25, -0.2) is 4.79 Å². The molecule has 0 aliphatic heterocycles. The summed E-state index contributed by atoms with van der Waals surface area (Å²) < 4.78 is 12.5. The van der Waals surface area contributed by atoms with Gasteiger partial charge in [0.25, 0.3) is 0 Å². The molecule has 3 unspecified atom stereocenters. The van der Waals surface area contributed by atoms with E-state index in [0.29, 0.717) is 5.41 Å². The predicted octanol–water partition coefficient (Wildman–Crippen LogP) is 5.57. The number of hydrogen-bond donors (Lipinski definition) is 0. The fourth-order valence-corrected chi connectivity index (χ4v) is 7.09. The molecule has 0 spiro atoms. The highest BCUT2D eigenvalue weighted by Gasteiger charge is 2.58. The van der Waals surface area contributed by atoms with E-state index in [9.17, 15) is 4.79 Å². The smallest absolute Gasteiger partial charge is 0.335 e. The maximum absolute atomic E-state index is 12.8. The predicted molar refractivity (Wildman–Crippen MR) is 103 cm³/mol. The van der Waals surface area contributed by atoms with Crippen molar-refractivity contribution in [3.63, 3.8) is 0 Å². The van der Waals surface area contributed by atoms with Crippen molar-refractivity contribution in [2.45, 2.75) is 109 Å². The average molecular weight is 361 g/mol. The molecule has 5 rings (SSSR count). The average Bonchev–Trinajstić information content (AvgIpc) is 2.53. The van der Waals surface area contributed by atoms with Crippen LogP contribution in [0.1, 0.15) is 91.4 Å². The van der Waals surface area contributed by atoms with Crippen LogP contribution in [0.3, 0.4) is 0 Å². The maximum atomic E-state index is 12.8. The fourth-order valence-electron chi connectivity index (χ4n) is 7.09. The van der Waals surface area contributed by atoms with E-state index in [1.54, 1.807) is 0 Å². The van der Waals surface area contributed by atoms with Crippen LogP contribution in [0.5, 0.6) is 0 Å². The molecular weight excluding hydrogens is 324 g/mol. The molecule has 0 saturated heterocycles. The number of hydrogen-bond acceptors (Lipinski definition) is 3. The highest BCUT2D eigenvalue weighted by Crippen LogP contribution is 2.63. The molecule has 146 valence electrons. The molecular formula is C23H36O3. The second kappa shape index (κ2) is 6.65. The standard InChI is InChI=1S/C23H36O3/c1-4-8-22-12-18-11-19(13-22)15-23(14-18,16-22)25-17(2)20(24)26-21(3)9-6-5-7-10-21/h4,8,17-19H,5-7,9-16H2,1-3H3. The summed E-state index contributed by atoms with van der Waals surface area (Å²) in [5.74, 6) is 1.39. The molecule has 0 aromatic carbocycles. The van der Waals surface area contributed by atoms with Crippen molar-refractivity contribution in [2.24, 2.45) is 17.3 Å². The Balaban J connectivity index is 1.43. The molecule has 5 aliphatic carbocycles. The van der Waals surface area contributed by atoms with Crippen LogP contribution in [0.25, 0.3) is 0 Å². The molecule has 0 heterocycles. The van der Waals surface area contributed by atoms with Crippen molar-refractivity contribution in [1.29, 1.82) is 0 Å². The minimum Gasteiger partial charge on any atom is -0.457 e. The first kappa shape index (κ1) is 18.5. The lowest BCUT2D eigenvalue weighted by atomic mass is 9.48. The van der Waals surface area contributed by atoms with Gasteiger partial charge in [0, 0.05) is 0 Å². The van der Waals surface area contributed by atoms with E-state index in [4.69, 9.17) is 9.47 Å². The van der Waals surface area contributed by atoms with Crippen molar-refractivity contribution in [2.75, 3.05) is 0 Å². The largest absolute Gasteiger partial charge is 0.457 e. The number of allylic oxidation sites excluding steroid dienone is 2. The molecule has 3 nitrogen and oxygen atoms in total. The molecule has 5 saturated carbocycles. The molecule has 4 bridgehead atoms. The normalized spacial score (nSPS) is 42.1. The van der Waals surface area contributed by atoms with Crippen molar-refractivity contribution in [1.82, 2.24) is 0 Å². The molecule has 0 radical (unpaired) electrons. The Morgan fingerprint density at radius 3 is 2.35 bits per heavy atom. The van der Waals surface area contributed by atoms with Gasteiger partial charge in [0.15, 0.2) is 6.10 Å². The summed E-state index contributed by atoms with van der Waals surface area (Å²) in [6.45, 7) is 6.15. The summed E-state index contributed by atoms with van der Waals surface area (Å²) in [4.78, 5) is 12.8. The third-order valence-electron chi connectivity index (χ3n) is 7.59. The first-order chi connectivity index (χ1) is 12.4. The van der Waals surface area contributed by atoms with Gasteiger partial charge in [-0.05, 0) is 102 Å². The second-order valence-electron chi connectivity index (χ2n) is 10.2. The van der Waals surface area contributed by atoms with Crippen LogP contribution < -0.4 is 0 Å². The molecule has 0 aromatic heterocycles. The lowest BCUT2D eigenvalue weighted by Crippen LogP contribution is -2.57. The van der Waals surface area contributed by atoms with E-state index in [1.807, 2.05) is 6.92 Å². The second-order valence-corrected chi connectivity index (χ2v) is 10.2. The van der Waals surface area contributed by atoms with Crippen LogP contribution in [0.2, 0.25) is 0 Å². The Morgan fingerprint density at radius 1 is 1.08 bits per heavy atom. The van der Waals surface area contributed by atoms with Crippen LogP contribution in [0.15, 0.2) is 12.2 Å². The zero-order valence-corrected chi connectivity index (χ0v) is 16.9. The summed E-state index contributed by atoms with van der Waals surface area (Å²) in [6.07, 6.45) is 17.1. The van der Waals surface area contributed by atoms with Gasteiger partial charge >= 0.3 is 5.97 Å². The first-order valence-electron chi connectivity index (χ1n) is 10.9. The monoisotopic (exact) mass is 360 g/mol. The van der Waals surface area contributed by atoms with Crippen LogP contribution in [-0.4, -0.2) is 23.3 Å². The molecule has 5 aliphatic rings. The summed E-state index contributed by atoms with van der Waals surface area (Å²) in [7, 11) is 0. The highest BCUT2D eigenvalue weighted by molar-refractivity contribution is 5.74. The van der Waals surface area contributed by atoms with E-state index < -0.39 is 6.10 Å². The van der Waals surface area contributed by atoms with Crippen molar-refractivity contribution in [3.05, 3.63) is 12.2 Å². The number of carbonyl (C=O) groups is 1. The summed E-state index contributed by atoms with van der Waals surface area (Å²) in [6, 6.07) is 0. The van der Waals surface area contributed by atoms with Crippen LogP contribution in [0.4, 0.5) is 0 Å². The Labute approximate surface area is 158 Å². The maximum Gasteiger partial charge on any atom is 0.335 e. The summed E-state index contributed by atoms with van der Waals surface area (Å²) in [5, 5.41) is 0. The number of ether oxygens (including phenoxy) is 2. The molecule has 0 aromatic rings. The summed E-state index contributed by atoms with van der Waals surface area (Å²) >= 11 is 0. The zero-order valence-electron chi connectivity index (χ0n) is 16.9. The van der Waals surface area contributed by atoms with Gasteiger partial charge in [-0.3, -0.25) is 0 Å². The van der Waals surface area contributed by atoms with Gasteiger partial charge in [0.2, 0.25) is 0 Å². The van der Waals surface area contributed by atoms with Crippen LogP contribution in [-0.2, 0) is 14.3 Å². The molecule has 0 amide bonds. The quantitative estimate of drug-likeness (QED) is 0.475. The van der Waals surface area contributed by atoms with Crippen molar-refractivity contribution < 1.29 is 14.3 Å². The third-order valence-corrected chi connectivity index (χ3v) is 7.59. The fraction of sp³-hybridized carbons (Fsp3) is 0.870. The molecule has 26 heavy (non-hydrogen) atoms. The molecule has 0 N–H and O–H groups in total. The Hall–Kier alpha value is -0.830. The van der Waals surface area contributed by atoms with Gasteiger partial charge in [-0.2, -0.15) is 0 Å². The SMILES string of the molecule is CC=CC12CC3CC(C1)CC(OC(C)C(=O)OC1(C)CCCCC1)(C3)C2. The minimum atomic E-state index is -0.451. The van der Waals surface area contributed by atoms with Gasteiger partial charge in [0.1, 0.15) is 5.60 Å². The minimum absolute atomic E-state index is 0.102. The Bertz CT molecular complexity index is 558. The van der Waals surface area contributed by atoms with Gasteiger partial charge in [-0.15, -0.1) is 0 Å². The first-order valence-corrected chi connectivity index (χ1v) is 10.9. The van der Waals surface area contributed by atoms with Gasteiger partial charge in [-0.1, -0.05) is 18.6 Å². The Morgan fingerprint density at radius 2 is 1.73 bits per heavy atom. The molecule has 3 atom stereocenters. The topological polar surface area (TPSA) is 35.5 Å². The van der Waals surface area contributed by atoms with Gasteiger partial charge in [0.05, 0.1) is 5.60 Å². The summed E-state index contributed by atoms with van der Waals surface area (Å²) in [5.41, 5.74) is -0.0616. The van der Waals surface area contributed by atoms with E-state index in [1.165, 1.54) is 25.7 Å². The van der Waals surface area contributed by atoms with Crippen LogP contribution in [0, 0.1) is 17.3 Å². The molecule has 5 fully saturated rings. The Kier molecular flexibility index (Phi) is 4.74. The van der Waals surface area contributed by atoms with E-state index in [2.05, 4.69) is 26.0 Å². The van der Waals surface area contributed by atoms with E-state index in [0.717, 1.165) is 56.8 Å². The van der Waals surface area contributed by atoms with Crippen LogP contribution >= 0.6 is 0 Å². The zero-order chi connectivity index (χ0) is 18.4. The number of carbonyl (C=O) groups excluding carboxylic acids is 1. The third kappa shape index (κ3) is 3.48. The molecule has 3 heteroatoms. The van der Waals surface area contributed by atoms with Crippen molar-refractivity contribution in [3.8, 4) is 0 Å². The number of rotatable bonds is 5. The van der Waals surface area contributed by atoms with E-state index in [-0.39, 0.29) is 17.2 Å².